The van der Waals surface area contributed by atoms with E-state index < -0.39 is 6.10 Å². The van der Waals surface area contributed by atoms with Gasteiger partial charge in [0, 0.05) is 28.0 Å². The first-order valence-electron chi connectivity index (χ1n) is 7.20. The van der Waals surface area contributed by atoms with Gasteiger partial charge in [0.05, 0.1) is 17.3 Å². The molecule has 3 aromatic rings. The largest absolute Gasteiger partial charge is 0.506 e. The Balaban J connectivity index is 1.95. The molecule has 0 fully saturated rings. The summed E-state index contributed by atoms with van der Waals surface area (Å²) in [5.74, 6) is 0.0386. The van der Waals surface area contributed by atoms with E-state index in [9.17, 15) is 5.11 Å². The van der Waals surface area contributed by atoms with Crippen LogP contribution < -0.4 is 0 Å². The number of ether oxygens (including phenoxy) is 1. The Kier molecular flexibility index (Phi) is 3.57. The molecule has 0 unspecified atom stereocenters. The third-order valence-electron chi connectivity index (χ3n) is 4.06. The Labute approximate surface area is 143 Å². The fraction of sp³-hybridized carbons (Fsp3) is 0.111. The Morgan fingerprint density at radius 2 is 1.91 bits per heavy atom. The molecule has 0 radical (unpaired) electrons. The van der Waals surface area contributed by atoms with E-state index in [1.165, 1.54) is 0 Å². The highest BCUT2D eigenvalue weighted by Gasteiger charge is 2.27. The van der Waals surface area contributed by atoms with Gasteiger partial charge in [0.1, 0.15) is 11.9 Å². The number of para-hydroxylation sites is 1. The van der Waals surface area contributed by atoms with Gasteiger partial charge >= 0.3 is 0 Å². The van der Waals surface area contributed by atoms with Crippen LogP contribution in [0.25, 0.3) is 5.69 Å². The Hall–Kier alpha value is -1.94. The average Bonchev–Trinajstić information content (AvgIpc) is 2.94. The summed E-state index contributed by atoms with van der Waals surface area (Å²) in [5, 5.41) is 11.3. The zero-order valence-corrected chi connectivity index (χ0v) is 13.6. The topological polar surface area (TPSA) is 34.4 Å². The van der Waals surface area contributed by atoms with Gasteiger partial charge in [-0.3, -0.25) is 0 Å². The van der Waals surface area contributed by atoms with Crippen molar-refractivity contribution < 1.29 is 9.84 Å². The van der Waals surface area contributed by atoms with Crippen LogP contribution in [0.3, 0.4) is 0 Å². The first-order valence-corrected chi connectivity index (χ1v) is 7.96. The third kappa shape index (κ3) is 2.41. The van der Waals surface area contributed by atoms with Gasteiger partial charge in [-0.1, -0.05) is 35.3 Å². The SMILES string of the molecule is Oc1c(Cl)cccc1[C@H]1OCc2cccn2-c2ccc(Cl)cc21. The molecule has 1 aliphatic heterocycles. The minimum Gasteiger partial charge on any atom is -0.506 e. The second kappa shape index (κ2) is 5.60. The number of phenolic OH excluding ortho intramolecular Hbond substituents is 1. The standard InChI is InChI=1S/C18H13Cl2NO2/c19-11-6-7-16-14(9-11)18(13-4-1-5-15(20)17(13)22)23-10-12-3-2-8-21(12)16/h1-9,18,22H,10H2/t18-/m1/s1. The van der Waals surface area contributed by atoms with E-state index in [0.29, 0.717) is 22.2 Å². The number of hydrogen-bond donors (Lipinski definition) is 1. The normalized spacial score (nSPS) is 16.5. The highest BCUT2D eigenvalue weighted by atomic mass is 35.5. The van der Waals surface area contributed by atoms with Gasteiger partial charge in [-0.05, 0) is 36.4 Å². The summed E-state index contributed by atoms with van der Waals surface area (Å²) >= 11 is 12.3. The van der Waals surface area contributed by atoms with Gasteiger partial charge in [-0.15, -0.1) is 0 Å². The van der Waals surface area contributed by atoms with Crippen LogP contribution in [0.2, 0.25) is 10.0 Å². The number of phenols is 1. The molecule has 2 heterocycles. The van der Waals surface area contributed by atoms with Crippen LogP contribution in [0.4, 0.5) is 0 Å². The van der Waals surface area contributed by atoms with Gasteiger partial charge < -0.3 is 14.4 Å². The zero-order chi connectivity index (χ0) is 16.0. The third-order valence-corrected chi connectivity index (χ3v) is 4.60. The molecule has 1 aliphatic rings. The van der Waals surface area contributed by atoms with E-state index in [0.717, 1.165) is 16.9 Å². The second-order valence-electron chi connectivity index (χ2n) is 5.44. The summed E-state index contributed by atoms with van der Waals surface area (Å²) in [6.07, 6.45) is 1.55. The maximum Gasteiger partial charge on any atom is 0.140 e. The number of hydrogen-bond acceptors (Lipinski definition) is 2. The summed E-state index contributed by atoms with van der Waals surface area (Å²) < 4.78 is 8.17. The van der Waals surface area contributed by atoms with E-state index in [2.05, 4.69) is 4.57 Å². The maximum atomic E-state index is 10.4. The number of aromatic hydroxyl groups is 1. The fourth-order valence-corrected chi connectivity index (χ4v) is 3.35. The molecule has 0 saturated carbocycles. The van der Waals surface area contributed by atoms with E-state index in [-0.39, 0.29) is 5.75 Å². The quantitative estimate of drug-likeness (QED) is 0.664. The predicted molar refractivity (Wildman–Crippen MR) is 90.5 cm³/mol. The zero-order valence-electron chi connectivity index (χ0n) is 12.0. The molecule has 2 aromatic carbocycles. The maximum absolute atomic E-state index is 10.4. The molecule has 5 heteroatoms. The molecule has 3 nitrogen and oxygen atoms in total. The van der Waals surface area contributed by atoms with Crippen molar-refractivity contribution >= 4 is 23.2 Å². The molecule has 0 spiro atoms. The lowest BCUT2D eigenvalue weighted by Crippen LogP contribution is -2.06. The molecule has 1 atom stereocenters. The van der Waals surface area contributed by atoms with Crippen molar-refractivity contribution in [3.63, 3.8) is 0 Å². The summed E-state index contributed by atoms with van der Waals surface area (Å²) in [6, 6.07) is 14.9. The van der Waals surface area contributed by atoms with Crippen LogP contribution in [0, 0.1) is 0 Å². The molecule has 1 N–H and O–H groups in total. The number of halogens is 2. The molecular formula is C18H13Cl2NO2. The van der Waals surface area contributed by atoms with Gasteiger partial charge in [-0.25, -0.2) is 0 Å². The van der Waals surface area contributed by atoms with Gasteiger partial charge in [0.15, 0.2) is 0 Å². The molecule has 116 valence electrons. The number of rotatable bonds is 1. The van der Waals surface area contributed by atoms with Gasteiger partial charge in [-0.2, -0.15) is 0 Å². The molecule has 0 bridgehead atoms. The van der Waals surface area contributed by atoms with Crippen molar-refractivity contribution in [2.24, 2.45) is 0 Å². The molecule has 23 heavy (non-hydrogen) atoms. The summed E-state index contributed by atoms with van der Waals surface area (Å²) in [7, 11) is 0. The highest BCUT2D eigenvalue weighted by molar-refractivity contribution is 6.32. The van der Waals surface area contributed by atoms with Crippen molar-refractivity contribution in [2.75, 3.05) is 0 Å². The summed E-state index contributed by atoms with van der Waals surface area (Å²) in [6.45, 7) is 0.427. The van der Waals surface area contributed by atoms with E-state index in [1.54, 1.807) is 12.1 Å². The second-order valence-corrected chi connectivity index (χ2v) is 6.29. The molecule has 0 saturated heterocycles. The Morgan fingerprint density at radius 3 is 2.78 bits per heavy atom. The number of benzene rings is 2. The molecule has 0 amide bonds. The van der Waals surface area contributed by atoms with Gasteiger partial charge in [0.2, 0.25) is 0 Å². The van der Waals surface area contributed by atoms with Crippen molar-refractivity contribution in [3.8, 4) is 11.4 Å². The van der Waals surface area contributed by atoms with Crippen LogP contribution in [0.15, 0.2) is 54.7 Å². The highest BCUT2D eigenvalue weighted by Crippen LogP contribution is 2.41. The van der Waals surface area contributed by atoms with Crippen LogP contribution in [0.5, 0.6) is 5.75 Å². The number of fused-ring (bicyclic) bond motifs is 3. The fourth-order valence-electron chi connectivity index (χ4n) is 2.98. The van der Waals surface area contributed by atoms with Crippen molar-refractivity contribution in [3.05, 3.63) is 81.6 Å². The molecule has 1 aromatic heterocycles. The van der Waals surface area contributed by atoms with E-state index in [4.69, 9.17) is 27.9 Å². The number of aromatic nitrogens is 1. The lowest BCUT2D eigenvalue weighted by Gasteiger charge is -2.20. The van der Waals surface area contributed by atoms with Crippen LogP contribution in [0.1, 0.15) is 22.9 Å². The lowest BCUT2D eigenvalue weighted by atomic mass is 9.98. The average molecular weight is 346 g/mol. The molecule has 0 aliphatic carbocycles. The minimum atomic E-state index is -0.442. The van der Waals surface area contributed by atoms with Gasteiger partial charge in [0.25, 0.3) is 0 Å². The molecular weight excluding hydrogens is 333 g/mol. The first-order chi connectivity index (χ1) is 11.1. The minimum absolute atomic E-state index is 0.0386. The van der Waals surface area contributed by atoms with E-state index >= 15 is 0 Å². The van der Waals surface area contributed by atoms with Crippen LogP contribution in [-0.4, -0.2) is 9.67 Å². The van der Waals surface area contributed by atoms with Crippen molar-refractivity contribution in [1.82, 2.24) is 4.57 Å². The van der Waals surface area contributed by atoms with Crippen molar-refractivity contribution in [2.45, 2.75) is 12.7 Å². The van der Waals surface area contributed by atoms with Crippen LogP contribution >= 0.6 is 23.2 Å². The summed E-state index contributed by atoms with van der Waals surface area (Å²) in [5.41, 5.74) is 3.55. The van der Waals surface area contributed by atoms with E-state index in [1.807, 2.05) is 42.6 Å². The Bertz CT molecular complexity index is 888. The monoisotopic (exact) mass is 345 g/mol. The van der Waals surface area contributed by atoms with Crippen molar-refractivity contribution in [1.29, 1.82) is 0 Å². The lowest BCUT2D eigenvalue weighted by molar-refractivity contribution is 0.0663. The smallest absolute Gasteiger partial charge is 0.140 e. The first kappa shape index (κ1) is 14.6. The molecule has 4 rings (SSSR count). The Morgan fingerprint density at radius 1 is 1.04 bits per heavy atom. The number of nitrogens with zero attached hydrogens (tertiary/aromatic N) is 1. The summed E-state index contributed by atoms with van der Waals surface area (Å²) in [4.78, 5) is 0. The predicted octanol–water partition coefficient (Wildman–Crippen LogP) is 5.11. The van der Waals surface area contributed by atoms with Crippen LogP contribution in [-0.2, 0) is 11.3 Å².